The minimum Gasteiger partial charge on any atom is -0.336 e. The number of urea groups is 1. The molecule has 1 aliphatic rings. The molecular weight excluding hydrogens is 394 g/mol. The van der Waals surface area contributed by atoms with Crippen LogP contribution in [0.5, 0.6) is 0 Å². The van der Waals surface area contributed by atoms with Crippen molar-refractivity contribution in [3.05, 3.63) is 83.2 Å². The topological polar surface area (TPSA) is 95.5 Å². The number of carbonyl (C=O) groups is 3. The van der Waals surface area contributed by atoms with E-state index in [2.05, 4.69) is 16.2 Å². The second-order valence-corrected chi connectivity index (χ2v) is 7.29. The quantitative estimate of drug-likeness (QED) is 0.570. The van der Waals surface area contributed by atoms with Crippen molar-refractivity contribution >= 4 is 23.5 Å². The van der Waals surface area contributed by atoms with Crippen LogP contribution in [0.2, 0.25) is 0 Å². The molecular formula is C23H23N5O3. The maximum absolute atomic E-state index is 12.7. The normalized spacial score (nSPS) is 13.1. The molecule has 0 spiro atoms. The van der Waals surface area contributed by atoms with Gasteiger partial charge < -0.3 is 9.88 Å². The fourth-order valence-electron chi connectivity index (χ4n) is 3.73. The Morgan fingerprint density at radius 2 is 1.58 bits per heavy atom. The van der Waals surface area contributed by atoms with Crippen LogP contribution in [0.25, 0.3) is 5.69 Å². The Bertz CT molecular complexity index is 1140. The van der Waals surface area contributed by atoms with E-state index in [1.807, 2.05) is 48.7 Å². The van der Waals surface area contributed by atoms with E-state index in [1.54, 1.807) is 35.2 Å². The first-order valence-corrected chi connectivity index (χ1v) is 9.96. The van der Waals surface area contributed by atoms with Gasteiger partial charge in [-0.15, -0.1) is 0 Å². The van der Waals surface area contributed by atoms with Gasteiger partial charge in [0.15, 0.2) is 0 Å². The highest BCUT2D eigenvalue weighted by molar-refractivity contribution is 6.00. The molecule has 2 heterocycles. The Morgan fingerprint density at radius 3 is 2.23 bits per heavy atom. The van der Waals surface area contributed by atoms with Gasteiger partial charge in [-0.25, -0.2) is 4.79 Å². The molecule has 1 fully saturated rings. The maximum Gasteiger partial charge on any atom is 0.321 e. The third kappa shape index (κ3) is 4.00. The van der Waals surface area contributed by atoms with Crippen molar-refractivity contribution in [3.63, 3.8) is 0 Å². The second-order valence-electron chi connectivity index (χ2n) is 7.29. The Hall–Kier alpha value is -4.07. The molecule has 158 valence electrons. The van der Waals surface area contributed by atoms with E-state index in [9.17, 15) is 14.4 Å². The van der Waals surface area contributed by atoms with E-state index in [0.29, 0.717) is 29.9 Å². The predicted octanol–water partition coefficient (Wildman–Crippen LogP) is 2.70. The molecule has 0 radical (unpaired) electrons. The van der Waals surface area contributed by atoms with E-state index in [4.69, 9.17) is 0 Å². The molecule has 1 aromatic heterocycles. The minimum atomic E-state index is -0.442. The molecule has 4 rings (SSSR count). The van der Waals surface area contributed by atoms with Crippen molar-refractivity contribution in [2.24, 2.45) is 0 Å². The number of aryl methyl sites for hydroxylation is 1. The zero-order valence-corrected chi connectivity index (χ0v) is 17.3. The van der Waals surface area contributed by atoms with Crippen LogP contribution in [0.1, 0.15) is 32.1 Å². The molecule has 0 saturated carbocycles. The number of para-hydroxylation sites is 1. The number of hydrogen-bond donors (Lipinski definition) is 3. The summed E-state index contributed by atoms with van der Waals surface area (Å²) in [4.78, 5) is 38.4. The molecule has 2 aromatic carbocycles. The standard InChI is InChI=1S/C23H23N5O3/c1-15-14-20(16(2)28(15)19-6-4-3-5-7-19)22(30)26-25-21(29)17-8-10-18(11-9-17)27-13-12-24-23(27)31/h3-11,14H,12-13H2,1-2H3,(H,24,31)(H,25,29)(H,26,30). The van der Waals surface area contributed by atoms with Crippen molar-refractivity contribution in [2.45, 2.75) is 13.8 Å². The van der Waals surface area contributed by atoms with Crippen molar-refractivity contribution in [1.29, 1.82) is 0 Å². The van der Waals surface area contributed by atoms with Crippen LogP contribution in [0.3, 0.4) is 0 Å². The number of anilines is 1. The summed E-state index contributed by atoms with van der Waals surface area (Å²) in [5.41, 5.74) is 9.16. The highest BCUT2D eigenvalue weighted by Gasteiger charge is 2.21. The van der Waals surface area contributed by atoms with Gasteiger partial charge in [0.2, 0.25) is 0 Å². The lowest BCUT2D eigenvalue weighted by atomic mass is 10.2. The summed E-state index contributed by atoms with van der Waals surface area (Å²) in [7, 11) is 0. The number of carbonyl (C=O) groups excluding carboxylic acids is 3. The molecule has 31 heavy (non-hydrogen) atoms. The van der Waals surface area contributed by atoms with Crippen LogP contribution in [-0.4, -0.2) is 35.5 Å². The van der Waals surface area contributed by atoms with Crippen molar-refractivity contribution < 1.29 is 14.4 Å². The number of hydrazine groups is 1. The van der Waals surface area contributed by atoms with Crippen LogP contribution in [0.4, 0.5) is 10.5 Å². The van der Waals surface area contributed by atoms with Gasteiger partial charge in [0.05, 0.1) is 5.56 Å². The van der Waals surface area contributed by atoms with Gasteiger partial charge in [-0.1, -0.05) is 18.2 Å². The Labute approximate surface area is 179 Å². The molecule has 4 amide bonds. The zero-order valence-electron chi connectivity index (χ0n) is 17.3. The smallest absolute Gasteiger partial charge is 0.321 e. The fraction of sp³-hybridized carbons (Fsp3) is 0.174. The number of nitrogens with one attached hydrogen (secondary N) is 3. The van der Waals surface area contributed by atoms with Gasteiger partial charge in [0, 0.05) is 41.4 Å². The lowest BCUT2D eigenvalue weighted by Crippen LogP contribution is -2.41. The number of benzene rings is 2. The minimum absolute atomic E-state index is 0.155. The lowest BCUT2D eigenvalue weighted by molar-refractivity contribution is 0.0846. The maximum atomic E-state index is 12.7. The van der Waals surface area contributed by atoms with E-state index in [1.165, 1.54) is 0 Å². The van der Waals surface area contributed by atoms with Crippen LogP contribution >= 0.6 is 0 Å². The summed E-state index contributed by atoms with van der Waals surface area (Å²) in [5, 5.41) is 2.73. The summed E-state index contributed by atoms with van der Waals surface area (Å²) < 4.78 is 1.99. The van der Waals surface area contributed by atoms with E-state index >= 15 is 0 Å². The first-order chi connectivity index (χ1) is 15.0. The molecule has 1 aliphatic heterocycles. The Balaban J connectivity index is 1.42. The molecule has 0 bridgehead atoms. The molecule has 1 saturated heterocycles. The Morgan fingerprint density at radius 1 is 0.903 bits per heavy atom. The van der Waals surface area contributed by atoms with E-state index < -0.39 is 11.8 Å². The molecule has 3 N–H and O–H groups in total. The van der Waals surface area contributed by atoms with Gasteiger partial charge in [-0.2, -0.15) is 0 Å². The first kappa shape index (κ1) is 20.2. The highest BCUT2D eigenvalue weighted by atomic mass is 16.2. The largest absolute Gasteiger partial charge is 0.336 e. The summed E-state index contributed by atoms with van der Waals surface area (Å²) in [5.74, 6) is -0.836. The third-order valence-corrected chi connectivity index (χ3v) is 5.28. The van der Waals surface area contributed by atoms with Gasteiger partial charge in [0.25, 0.3) is 11.8 Å². The van der Waals surface area contributed by atoms with Gasteiger partial charge in [0.1, 0.15) is 0 Å². The summed E-state index contributed by atoms with van der Waals surface area (Å²) in [6, 6.07) is 18.0. The average molecular weight is 417 g/mol. The van der Waals surface area contributed by atoms with Crippen LogP contribution in [0, 0.1) is 13.8 Å². The molecule has 8 nitrogen and oxygen atoms in total. The number of hydrogen-bond acceptors (Lipinski definition) is 3. The van der Waals surface area contributed by atoms with Crippen LogP contribution in [0.15, 0.2) is 60.7 Å². The zero-order chi connectivity index (χ0) is 22.0. The van der Waals surface area contributed by atoms with Crippen molar-refractivity contribution in [3.8, 4) is 5.69 Å². The Kier molecular flexibility index (Phi) is 5.44. The first-order valence-electron chi connectivity index (χ1n) is 9.96. The third-order valence-electron chi connectivity index (χ3n) is 5.28. The highest BCUT2D eigenvalue weighted by Crippen LogP contribution is 2.21. The van der Waals surface area contributed by atoms with Gasteiger partial charge in [-0.05, 0) is 56.3 Å². The van der Waals surface area contributed by atoms with Gasteiger partial charge >= 0.3 is 6.03 Å². The molecule has 3 aromatic rings. The molecule has 8 heteroatoms. The molecule has 0 aliphatic carbocycles. The molecule has 0 atom stereocenters. The summed E-state index contributed by atoms with van der Waals surface area (Å²) in [6.07, 6.45) is 0. The lowest BCUT2D eigenvalue weighted by Gasteiger charge is -2.14. The number of amides is 4. The summed E-state index contributed by atoms with van der Waals surface area (Å²) in [6.45, 7) is 4.97. The van der Waals surface area contributed by atoms with Crippen LogP contribution in [-0.2, 0) is 0 Å². The van der Waals surface area contributed by atoms with Crippen molar-refractivity contribution in [2.75, 3.05) is 18.0 Å². The van der Waals surface area contributed by atoms with Crippen LogP contribution < -0.4 is 21.1 Å². The van der Waals surface area contributed by atoms with E-state index in [0.717, 1.165) is 17.1 Å². The predicted molar refractivity (Wildman–Crippen MR) is 117 cm³/mol. The monoisotopic (exact) mass is 417 g/mol. The van der Waals surface area contributed by atoms with Crippen molar-refractivity contribution in [1.82, 2.24) is 20.7 Å². The SMILES string of the molecule is Cc1cc(C(=O)NNC(=O)c2ccc(N3CCNC3=O)cc2)c(C)n1-c1ccccc1. The van der Waals surface area contributed by atoms with E-state index in [-0.39, 0.29) is 6.03 Å². The average Bonchev–Trinajstić information content (AvgIpc) is 3.34. The summed E-state index contributed by atoms with van der Waals surface area (Å²) >= 11 is 0. The number of aromatic nitrogens is 1. The number of rotatable bonds is 4. The number of nitrogens with zero attached hydrogens (tertiary/aromatic N) is 2. The van der Waals surface area contributed by atoms with Gasteiger partial charge in [-0.3, -0.25) is 25.3 Å². The molecule has 0 unspecified atom stereocenters. The fourth-order valence-corrected chi connectivity index (χ4v) is 3.73. The second kappa shape index (κ2) is 8.35.